The lowest BCUT2D eigenvalue weighted by molar-refractivity contribution is 0.157. The van der Waals surface area contributed by atoms with Gasteiger partial charge in [-0.15, -0.1) is 11.3 Å². The standard InChI is InChI=1S/C17H27Br2NS/c1-2-11-20-12-10-17(7-4-3-5-8-17)9-6-14-13-15(18)16(19)21-14/h13,20H,2-12H2,1H3. The van der Waals surface area contributed by atoms with E-state index in [0.717, 1.165) is 0 Å². The topological polar surface area (TPSA) is 12.0 Å². The van der Waals surface area contributed by atoms with E-state index in [1.54, 1.807) is 0 Å². The van der Waals surface area contributed by atoms with Crippen LogP contribution in [0.4, 0.5) is 0 Å². The molecule has 1 N–H and O–H groups in total. The average molecular weight is 437 g/mol. The number of hydrogen-bond donors (Lipinski definition) is 1. The number of hydrogen-bond acceptors (Lipinski definition) is 2. The molecule has 1 aromatic rings. The van der Waals surface area contributed by atoms with Crippen LogP contribution in [-0.4, -0.2) is 13.1 Å². The first kappa shape index (κ1) is 18.0. The SMILES string of the molecule is CCCNCCC1(CCc2cc(Br)c(Br)s2)CCCCC1. The Labute approximate surface area is 150 Å². The molecule has 1 heterocycles. The molecule has 21 heavy (non-hydrogen) atoms. The minimum atomic E-state index is 0.599. The molecule has 0 aliphatic heterocycles. The van der Waals surface area contributed by atoms with Gasteiger partial charge in [0.15, 0.2) is 0 Å². The molecule has 120 valence electrons. The molecule has 0 unspecified atom stereocenters. The van der Waals surface area contributed by atoms with Gasteiger partial charge in [0.25, 0.3) is 0 Å². The fourth-order valence-corrected chi connectivity index (χ4v) is 5.66. The van der Waals surface area contributed by atoms with Crippen molar-refractivity contribution in [1.82, 2.24) is 5.32 Å². The molecule has 1 aliphatic rings. The van der Waals surface area contributed by atoms with E-state index >= 15 is 0 Å². The quantitative estimate of drug-likeness (QED) is 0.455. The zero-order chi connectivity index (χ0) is 15.1. The van der Waals surface area contributed by atoms with Crippen LogP contribution in [0.5, 0.6) is 0 Å². The molecule has 1 aliphatic carbocycles. The van der Waals surface area contributed by atoms with Crippen molar-refractivity contribution in [2.45, 2.75) is 64.7 Å². The molecule has 0 bridgehead atoms. The second kappa shape index (κ2) is 9.05. The van der Waals surface area contributed by atoms with Crippen molar-refractivity contribution in [2.24, 2.45) is 5.41 Å². The van der Waals surface area contributed by atoms with Crippen molar-refractivity contribution >= 4 is 43.2 Å². The molecule has 2 rings (SSSR count). The van der Waals surface area contributed by atoms with Gasteiger partial charge >= 0.3 is 0 Å². The molecule has 1 aromatic heterocycles. The summed E-state index contributed by atoms with van der Waals surface area (Å²) in [5, 5.41) is 3.61. The van der Waals surface area contributed by atoms with Crippen LogP contribution in [0.3, 0.4) is 0 Å². The monoisotopic (exact) mass is 435 g/mol. The first-order chi connectivity index (χ1) is 10.2. The zero-order valence-electron chi connectivity index (χ0n) is 13.0. The number of aryl methyl sites for hydroxylation is 1. The number of halogens is 2. The summed E-state index contributed by atoms with van der Waals surface area (Å²) in [7, 11) is 0. The molecular formula is C17H27Br2NS. The predicted octanol–water partition coefficient (Wildman–Crippen LogP) is 6.55. The third kappa shape index (κ3) is 5.63. The second-order valence-corrected chi connectivity index (χ2v) is 9.70. The van der Waals surface area contributed by atoms with Crippen LogP contribution in [0.1, 0.15) is 63.2 Å². The Morgan fingerprint density at radius 1 is 1.14 bits per heavy atom. The lowest BCUT2D eigenvalue weighted by Crippen LogP contribution is -2.30. The summed E-state index contributed by atoms with van der Waals surface area (Å²) in [5.74, 6) is 0. The smallest absolute Gasteiger partial charge is 0.0843 e. The molecule has 4 heteroatoms. The highest BCUT2D eigenvalue weighted by molar-refractivity contribution is 9.13. The van der Waals surface area contributed by atoms with Crippen LogP contribution in [0, 0.1) is 5.41 Å². The van der Waals surface area contributed by atoms with Crippen molar-refractivity contribution < 1.29 is 0 Å². The summed E-state index contributed by atoms with van der Waals surface area (Å²) in [6, 6.07) is 2.29. The van der Waals surface area contributed by atoms with Gasteiger partial charge in [0.2, 0.25) is 0 Å². The first-order valence-electron chi connectivity index (χ1n) is 8.30. The summed E-state index contributed by atoms with van der Waals surface area (Å²) >= 11 is 9.11. The predicted molar refractivity (Wildman–Crippen MR) is 101 cm³/mol. The van der Waals surface area contributed by atoms with Gasteiger partial charge in [-0.25, -0.2) is 0 Å². The fraction of sp³-hybridized carbons (Fsp3) is 0.765. The second-order valence-electron chi connectivity index (χ2n) is 6.40. The highest BCUT2D eigenvalue weighted by atomic mass is 79.9. The van der Waals surface area contributed by atoms with Gasteiger partial charge in [0.05, 0.1) is 3.79 Å². The fourth-order valence-electron chi connectivity index (χ4n) is 3.49. The van der Waals surface area contributed by atoms with E-state index in [0.29, 0.717) is 5.41 Å². The Kier molecular flexibility index (Phi) is 7.74. The summed E-state index contributed by atoms with van der Waals surface area (Å²) in [4.78, 5) is 1.51. The van der Waals surface area contributed by atoms with Crippen LogP contribution < -0.4 is 5.32 Å². The maximum Gasteiger partial charge on any atom is 0.0843 e. The summed E-state index contributed by atoms with van der Waals surface area (Å²) in [6.07, 6.45) is 12.4. The van der Waals surface area contributed by atoms with Gasteiger partial charge in [-0.1, -0.05) is 26.2 Å². The van der Waals surface area contributed by atoms with Crippen molar-refractivity contribution in [2.75, 3.05) is 13.1 Å². The minimum Gasteiger partial charge on any atom is -0.317 e. The van der Waals surface area contributed by atoms with Gasteiger partial charge in [-0.3, -0.25) is 0 Å². The van der Waals surface area contributed by atoms with Gasteiger partial charge in [-0.05, 0) is 95.0 Å². The third-order valence-electron chi connectivity index (χ3n) is 4.77. The van der Waals surface area contributed by atoms with E-state index in [4.69, 9.17) is 0 Å². The summed E-state index contributed by atoms with van der Waals surface area (Å²) in [6.45, 7) is 4.61. The summed E-state index contributed by atoms with van der Waals surface area (Å²) < 4.78 is 2.45. The lowest BCUT2D eigenvalue weighted by atomic mass is 9.69. The molecule has 1 nitrogen and oxygen atoms in total. The van der Waals surface area contributed by atoms with Gasteiger partial charge in [0, 0.05) is 9.35 Å². The van der Waals surface area contributed by atoms with Crippen LogP contribution in [0.15, 0.2) is 14.3 Å². The van der Waals surface area contributed by atoms with E-state index in [1.165, 1.54) is 84.0 Å². The molecule has 0 amide bonds. The average Bonchev–Trinajstić information content (AvgIpc) is 2.82. The highest BCUT2D eigenvalue weighted by Gasteiger charge is 2.31. The molecule has 0 spiro atoms. The van der Waals surface area contributed by atoms with Gasteiger partial charge < -0.3 is 5.32 Å². The zero-order valence-corrected chi connectivity index (χ0v) is 17.0. The van der Waals surface area contributed by atoms with Crippen molar-refractivity contribution in [3.05, 3.63) is 19.2 Å². The highest BCUT2D eigenvalue weighted by Crippen LogP contribution is 2.44. The van der Waals surface area contributed by atoms with Crippen LogP contribution in [-0.2, 0) is 6.42 Å². The van der Waals surface area contributed by atoms with Crippen LogP contribution >= 0.6 is 43.2 Å². The van der Waals surface area contributed by atoms with E-state index in [9.17, 15) is 0 Å². The lowest BCUT2D eigenvalue weighted by Gasteiger charge is -2.38. The number of rotatable bonds is 8. The van der Waals surface area contributed by atoms with E-state index in [1.807, 2.05) is 11.3 Å². The molecule has 0 radical (unpaired) electrons. The third-order valence-corrected chi connectivity index (χ3v) is 8.09. The summed E-state index contributed by atoms with van der Waals surface area (Å²) in [5.41, 5.74) is 0.599. The molecule has 0 atom stereocenters. The Morgan fingerprint density at radius 3 is 2.52 bits per heavy atom. The largest absolute Gasteiger partial charge is 0.317 e. The Hall–Kier alpha value is 0.620. The normalized spacial score (nSPS) is 18.0. The van der Waals surface area contributed by atoms with E-state index in [2.05, 4.69) is 50.2 Å². The van der Waals surface area contributed by atoms with Gasteiger partial charge in [0.1, 0.15) is 0 Å². The maximum absolute atomic E-state index is 3.62. The number of nitrogens with one attached hydrogen (secondary N) is 1. The Bertz CT molecular complexity index is 405. The molecule has 1 saturated carbocycles. The molecule has 0 saturated heterocycles. The van der Waals surface area contributed by atoms with Crippen LogP contribution in [0.25, 0.3) is 0 Å². The van der Waals surface area contributed by atoms with Gasteiger partial charge in [-0.2, -0.15) is 0 Å². The van der Waals surface area contributed by atoms with E-state index < -0.39 is 0 Å². The maximum atomic E-state index is 3.62. The Morgan fingerprint density at radius 2 is 1.90 bits per heavy atom. The van der Waals surface area contributed by atoms with Crippen molar-refractivity contribution in [1.29, 1.82) is 0 Å². The number of thiophene rings is 1. The van der Waals surface area contributed by atoms with Crippen molar-refractivity contribution in [3.8, 4) is 0 Å². The minimum absolute atomic E-state index is 0.599. The molecular weight excluding hydrogens is 410 g/mol. The first-order valence-corrected chi connectivity index (χ1v) is 10.7. The molecule has 0 aromatic carbocycles. The molecule has 1 fully saturated rings. The van der Waals surface area contributed by atoms with E-state index in [-0.39, 0.29) is 0 Å². The Balaban J connectivity index is 1.89. The van der Waals surface area contributed by atoms with Crippen molar-refractivity contribution in [3.63, 3.8) is 0 Å². The van der Waals surface area contributed by atoms with Crippen LogP contribution in [0.2, 0.25) is 0 Å².